The van der Waals surface area contributed by atoms with Crippen molar-refractivity contribution in [2.75, 3.05) is 7.11 Å². The van der Waals surface area contributed by atoms with Crippen molar-refractivity contribution >= 4 is 0 Å². The first-order valence-electron chi connectivity index (χ1n) is 8.03. The van der Waals surface area contributed by atoms with Gasteiger partial charge in [0.05, 0.1) is 13.2 Å². The van der Waals surface area contributed by atoms with Crippen LogP contribution in [0.5, 0.6) is 11.5 Å². The number of aryl methyl sites for hydroxylation is 2. The number of methoxy groups -OCH3 is 1. The van der Waals surface area contributed by atoms with Gasteiger partial charge in [0.25, 0.3) is 0 Å². The Labute approximate surface area is 143 Å². The molecule has 0 aliphatic rings. The minimum absolute atomic E-state index is 0.164. The molecule has 3 N–H and O–H groups in total. The molecule has 0 fully saturated rings. The van der Waals surface area contributed by atoms with Crippen molar-refractivity contribution in [3.63, 3.8) is 0 Å². The van der Waals surface area contributed by atoms with Gasteiger partial charge in [0.15, 0.2) is 0 Å². The quantitative estimate of drug-likeness (QED) is 0.784. The molecule has 130 valence electrons. The van der Waals surface area contributed by atoms with E-state index in [1.54, 1.807) is 7.11 Å². The zero-order valence-corrected chi connectivity index (χ0v) is 15.0. The topological polar surface area (TPSA) is 69.9 Å². The molecule has 4 nitrogen and oxygen atoms in total. The summed E-state index contributed by atoms with van der Waals surface area (Å²) in [7, 11) is 1.61. The molecule has 0 bridgehead atoms. The van der Waals surface area contributed by atoms with Gasteiger partial charge in [-0.15, -0.1) is 0 Å². The van der Waals surface area contributed by atoms with Crippen molar-refractivity contribution in [1.82, 2.24) is 0 Å². The van der Waals surface area contributed by atoms with Gasteiger partial charge in [-0.3, -0.25) is 0 Å². The molecule has 24 heavy (non-hydrogen) atoms. The fraction of sp³-hybridized carbons (Fsp3) is 0.400. The van der Waals surface area contributed by atoms with Crippen LogP contribution < -0.4 is 0 Å². The Bertz CT molecular complexity index is 763. The number of phenolic OH excluding ortho intramolecular Hbond substituents is 1. The molecule has 0 aliphatic heterocycles. The first-order chi connectivity index (χ1) is 11.3. The Morgan fingerprint density at radius 2 is 1.29 bits per heavy atom. The minimum Gasteiger partial charge on any atom is -0.507 e. The zero-order chi connectivity index (χ0) is 18.0. The second-order valence-electron chi connectivity index (χ2n) is 6.38. The minimum atomic E-state index is -0.186. The largest absolute Gasteiger partial charge is 0.507 e. The predicted molar refractivity (Wildman–Crippen MR) is 94.6 cm³/mol. The van der Waals surface area contributed by atoms with E-state index in [1.807, 2.05) is 39.8 Å². The van der Waals surface area contributed by atoms with Crippen LogP contribution in [0.1, 0.15) is 44.5 Å². The summed E-state index contributed by atoms with van der Waals surface area (Å²) < 4.78 is 5.22. The van der Waals surface area contributed by atoms with E-state index >= 15 is 0 Å². The molecule has 0 atom stereocenters. The second kappa shape index (κ2) is 7.24. The van der Waals surface area contributed by atoms with Crippen LogP contribution in [-0.2, 0) is 24.4 Å². The molecule has 2 aromatic carbocycles. The maximum absolute atomic E-state index is 10.3. The van der Waals surface area contributed by atoms with Crippen molar-refractivity contribution in [1.29, 1.82) is 0 Å². The lowest BCUT2D eigenvalue weighted by Gasteiger charge is -2.18. The molecule has 0 saturated heterocycles. The molecule has 0 radical (unpaired) electrons. The molecule has 0 spiro atoms. The molecule has 2 rings (SSSR count). The van der Waals surface area contributed by atoms with E-state index in [1.165, 1.54) is 0 Å². The molecule has 2 aromatic rings. The van der Waals surface area contributed by atoms with Crippen molar-refractivity contribution < 1.29 is 20.1 Å². The molecule has 0 aromatic heterocycles. The van der Waals surface area contributed by atoms with Gasteiger partial charge in [-0.25, -0.2) is 0 Å². The van der Waals surface area contributed by atoms with Crippen molar-refractivity contribution in [2.24, 2.45) is 0 Å². The van der Waals surface area contributed by atoms with E-state index < -0.39 is 0 Å². The van der Waals surface area contributed by atoms with Gasteiger partial charge in [0, 0.05) is 18.2 Å². The highest BCUT2D eigenvalue weighted by Crippen LogP contribution is 2.33. The monoisotopic (exact) mass is 330 g/mol. The first-order valence-corrected chi connectivity index (χ1v) is 8.03. The van der Waals surface area contributed by atoms with Gasteiger partial charge in [0.2, 0.25) is 0 Å². The van der Waals surface area contributed by atoms with Gasteiger partial charge in [-0.1, -0.05) is 12.1 Å². The van der Waals surface area contributed by atoms with Crippen LogP contribution in [0.4, 0.5) is 0 Å². The Kier molecular flexibility index (Phi) is 5.52. The third kappa shape index (κ3) is 3.25. The normalized spacial score (nSPS) is 11.1. The van der Waals surface area contributed by atoms with E-state index in [0.29, 0.717) is 18.6 Å². The molecule has 0 unspecified atom stereocenters. The summed E-state index contributed by atoms with van der Waals surface area (Å²) >= 11 is 0. The number of benzene rings is 2. The number of hydrogen-bond acceptors (Lipinski definition) is 4. The SMILES string of the molecule is COCc1c(C)c(Cc2cc(C)c(O)c(CO)c2C)cc(C)c1O. The maximum Gasteiger partial charge on any atom is 0.124 e. The van der Waals surface area contributed by atoms with Crippen LogP contribution in [0.2, 0.25) is 0 Å². The van der Waals surface area contributed by atoms with E-state index in [-0.39, 0.29) is 18.1 Å². The van der Waals surface area contributed by atoms with Gasteiger partial charge in [-0.2, -0.15) is 0 Å². The average molecular weight is 330 g/mol. The summed E-state index contributed by atoms with van der Waals surface area (Å²) in [5.74, 6) is 0.449. The molecule has 0 amide bonds. The van der Waals surface area contributed by atoms with Crippen LogP contribution >= 0.6 is 0 Å². The summed E-state index contributed by atoms with van der Waals surface area (Å²) in [5, 5.41) is 29.9. The van der Waals surface area contributed by atoms with E-state index in [9.17, 15) is 15.3 Å². The number of ether oxygens (including phenoxy) is 1. The highest BCUT2D eigenvalue weighted by atomic mass is 16.5. The zero-order valence-electron chi connectivity index (χ0n) is 15.0. The Morgan fingerprint density at radius 1 is 0.833 bits per heavy atom. The first kappa shape index (κ1) is 18.3. The third-order valence-corrected chi connectivity index (χ3v) is 4.80. The molecular formula is C20H26O4. The highest BCUT2D eigenvalue weighted by Gasteiger charge is 2.16. The van der Waals surface area contributed by atoms with Gasteiger partial charge >= 0.3 is 0 Å². The van der Waals surface area contributed by atoms with Crippen LogP contribution in [0, 0.1) is 27.7 Å². The fourth-order valence-electron chi connectivity index (χ4n) is 3.18. The van der Waals surface area contributed by atoms with Crippen LogP contribution in [0.15, 0.2) is 12.1 Å². The summed E-state index contributed by atoms with van der Waals surface area (Å²) in [4.78, 5) is 0. The standard InChI is InChI=1S/C20H26O4/c1-11-6-15(13(3)17(9-21)19(11)22)8-16-7-12(2)20(23)18(10-24-5)14(16)4/h6-7,21-23H,8-10H2,1-5H3. The van der Waals surface area contributed by atoms with Gasteiger partial charge in [0.1, 0.15) is 11.5 Å². The number of hydrogen-bond donors (Lipinski definition) is 3. The number of rotatable bonds is 5. The molecule has 0 heterocycles. The maximum atomic E-state index is 10.3. The molecule has 0 aliphatic carbocycles. The molecule has 0 saturated carbocycles. The number of aliphatic hydroxyl groups excluding tert-OH is 1. The van der Waals surface area contributed by atoms with Crippen molar-refractivity contribution in [2.45, 2.75) is 47.3 Å². The van der Waals surface area contributed by atoms with Gasteiger partial charge < -0.3 is 20.1 Å². The molecular weight excluding hydrogens is 304 g/mol. The lowest BCUT2D eigenvalue weighted by molar-refractivity contribution is 0.181. The van der Waals surface area contributed by atoms with Gasteiger partial charge in [-0.05, 0) is 67.5 Å². The highest BCUT2D eigenvalue weighted by molar-refractivity contribution is 5.53. The number of aromatic hydroxyl groups is 2. The third-order valence-electron chi connectivity index (χ3n) is 4.80. The second-order valence-corrected chi connectivity index (χ2v) is 6.38. The Balaban J connectivity index is 2.55. The lowest BCUT2D eigenvalue weighted by Crippen LogP contribution is -2.04. The smallest absolute Gasteiger partial charge is 0.124 e. The summed E-state index contributed by atoms with van der Waals surface area (Å²) in [6.45, 7) is 7.79. The van der Waals surface area contributed by atoms with E-state index in [0.717, 1.165) is 38.9 Å². The number of aliphatic hydroxyl groups is 1. The predicted octanol–water partition coefficient (Wildman–Crippen LogP) is 3.56. The van der Waals surface area contributed by atoms with E-state index in [2.05, 4.69) is 0 Å². The number of phenols is 2. The van der Waals surface area contributed by atoms with Crippen LogP contribution in [-0.4, -0.2) is 22.4 Å². The van der Waals surface area contributed by atoms with Crippen LogP contribution in [0.25, 0.3) is 0 Å². The Morgan fingerprint density at radius 3 is 1.75 bits per heavy atom. The summed E-state index contributed by atoms with van der Waals surface area (Å²) in [6.07, 6.45) is 0.670. The van der Waals surface area contributed by atoms with Crippen molar-refractivity contribution in [3.05, 3.63) is 56.6 Å². The van der Waals surface area contributed by atoms with E-state index in [4.69, 9.17) is 4.74 Å². The van der Waals surface area contributed by atoms with Crippen molar-refractivity contribution in [3.8, 4) is 11.5 Å². The lowest BCUT2D eigenvalue weighted by atomic mass is 9.89. The summed E-state index contributed by atoms with van der Waals surface area (Å²) in [6, 6.07) is 3.95. The Hall–Kier alpha value is -2.04. The fourth-order valence-corrected chi connectivity index (χ4v) is 3.18. The van der Waals surface area contributed by atoms with Crippen LogP contribution in [0.3, 0.4) is 0 Å². The summed E-state index contributed by atoms with van der Waals surface area (Å²) in [5.41, 5.74) is 7.04. The molecule has 4 heteroatoms. The average Bonchev–Trinajstić information content (AvgIpc) is 2.54.